The predicted molar refractivity (Wildman–Crippen MR) is 325 cm³/mol. The van der Waals surface area contributed by atoms with Gasteiger partial charge in [-0.2, -0.15) is 0 Å². The van der Waals surface area contributed by atoms with E-state index in [1.807, 2.05) is 12.4 Å². The molecular formula is C70H116N2Ni. The van der Waals surface area contributed by atoms with Gasteiger partial charge in [0.25, 0.3) is 0 Å². The minimum atomic E-state index is 0. The summed E-state index contributed by atoms with van der Waals surface area (Å²) in [7, 11) is 0. The van der Waals surface area contributed by atoms with Crippen molar-refractivity contribution in [3.8, 4) is 23.7 Å². The zero-order valence-corrected chi connectivity index (χ0v) is 49.3. The predicted octanol–water partition coefficient (Wildman–Crippen LogP) is 23.6. The van der Waals surface area contributed by atoms with Crippen molar-refractivity contribution in [2.75, 3.05) is 0 Å². The third-order valence-corrected chi connectivity index (χ3v) is 15.1. The second-order valence-electron chi connectivity index (χ2n) is 21.9. The number of aryl methyl sites for hydroxylation is 2. The van der Waals surface area contributed by atoms with Gasteiger partial charge in [0.2, 0.25) is 0 Å². The van der Waals surface area contributed by atoms with Crippen LogP contribution < -0.4 is 0 Å². The average molecular weight is 1040 g/mol. The molecule has 0 fully saturated rings. The van der Waals surface area contributed by atoms with Crippen molar-refractivity contribution in [2.24, 2.45) is 9.98 Å². The smallest absolute Gasteiger partial charge is 0.0662 e. The van der Waals surface area contributed by atoms with E-state index in [2.05, 4.69) is 86.1 Å². The van der Waals surface area contributed by atoms with Crippen LogP contribution in [0.1, 0.15) is 333 Å². The molecular weight excluding hydrogens is 927 g/mol. The van der Waals surface area contributed by atoms with Gasteiger partial charge in [0.15, 0.2) is 0 Å². The average Bonchev–Trinajstić information content (AvgIpc) is 3.40. The Balaban J connectivity index is 0.0000266. The Hall–Kier alpha value is -2.61. The van der Waals surface area contributed by atoms with Crippen LogP contribution in [0.4, 0.5) is 11.4 Å². The first-order valence-corrected chi connectivity index (χ1v) is 32.0. The molecule has 2 nitrogen and oxygen atoms in total. The summed E-state index contributed by atoms with van der Waals surface area (Å²) >= 11 is 0. The van der Waals surface area contributed by atoms with Crippen LogP contribution in [0, 0.1) is 23.7 Å². The molecule has 0 aliphatic heterocycles. The third kappa shape index (κ3) is 46.4. The summed E-state index contributed by atoms with van der Waals surface area (Å²) in [5.41, 5.74) is 4.53. The monoisotopic (exact) mass is 1040 g/mol. The molecule has 3 heteroatoms. The van der Waals surface area contributed by atoms with Crippen molar-refractivity contribution in [3.05, 3.63) is 59.7 Å². The van der Waals surface area contributed by atoms with E-state index in [4.69, 9.17) is 9.98 Å². The van der Waals surface area contributed by atoms with Crippen LogP contribution in [0.25, 0.3) is 0 Å². The van der Waals surface area contributed by atoms with E-state index in [1.165, 1.54) is 294 Å². The first kappa shape index (κ1) is 68.4. The maximum Gasteiger partial charge on any atom is 0.0662 e. The number of hydrogen-bond donors (Lipinski definition) is 0. The molecule has 0 N–H and O–H groups in total. The second kappa shape index (κ2) is 57.1. The second-order valence-corrected chi connectivity index (χ2v) is 21.9. The summed E-state index contributed by atoms with van der Waals surface area (Å²) in [4.78, 5) is 9.57. The molecule has 0 heterocycles. The Morgan fingerprint density at radius 2 is 0.479 bits per heavy atom. The van der Waals surface area contributed by atoms with Crippen molar-refractivity contribution < 1.29 is 16.5 Å². The number of aliphatic imine (C=N–C) groups is 2. The molecule has 2 aromatic carbocycles. The van der Waals surface area contributed by atoms with E-state index >= 15 is 0 Å². The van der Waals surface area contributed by atoms with Gasteiger partial charge >= 0.3 is 0 Å². The van der Waals surface area contributed by atoms with E-state index in [0.717, 1.165) is 49.9 Å². The number of benzene rings is 2. The normalized spacial score (nSPS) is 11.3. The molecule has 0 saturated heterocycles. The molecule has 0 atom stereocenters. The van der Waals surface area contributed by atoms with Crippen LogP contribution >= 0.6 is 0 Å². The van der Waals surface area contributed by atoms with Gasteiger partial charge in [-0.1, -0.05) is 320 Å². The van der Waals surface area contributed by atoms with Gasteiger partial charge in [0, 0.05) is 54.6 Å². The van der Waals surface area contributed by atoms with Crippen LogP contribution in [-0.2, 0) is 29.3 Å². The van der Waals surface area contributed by atoms with Gasteiger partial charge in [0.05, 0.1) is 11.4 Å². The fraction of sp³-hybridized carbons (Fsp3) is 0.743. The van der Waals surface area contributed by atoms with Crippen molar-refractivity contribution in [3.63, 3.8) is 0 Å². The topological polar surface area (TPSA) is 24.7 Å². The van der Waals surface area contributed by atoms with Crippen LogP contribution in [-0.4, -0.2) is 12.4 Å². The Morgan fingerprint density at radius 3 is 0.726 bits per heavy atom. The van der Waals surface area contributed by atoms with E-state index in [9.17, 15) is 0 Å². The first-order valence-electron chi connectivity index (χ1n) is 32.0. The summed E-state index contributed by atoms with van der Waals surface area (Å²) in [6.07, 6.45) is 72.2. The maximum absolute atomic E-state index is 4.79. The minimum Gasteiger partial charge on any atom is -0.255 e. The Kier molecular flexibility index (Phi) is 53.5. The summed E-state index contributed by atoms with van der Waals surface area (Å²) in [5.74, 6) is 13.8. The molecule has 0 aliphatic carbocycles. The molecule has 0 amide bonds. The van der Waals surface area contributed by atoms with Crippen LogP contribution in [0.2, 0.25) is 0 Å². The van der Waals surface area contributed by atoms with Crippen molar-refractivity contribution in [1.82, 2.24) is 0 Å². The standard InChI is InChI=1S/C70H116N2.Ni/c1-3-5-7-9-11-13-15-17-19-21-23-25-27-29-31-33-35-37-39-41-43-45-47-49-51-53-59-67-61-55-57-63-69(67)71-65-66-72-70-64-58-56-62-68(70)60-54-52-50-48-46-44-42-40-38-36-34-32-30-28-26-24-22-20-18-16-14-12-10-8-6-4-2;/h55-58,61-66H,3-48,53-54,59-60H2,1-2H3;. The largest absolute Gasteiger partial charge is 0.255 e. The number of nitrogens with zero attached hydrogens (tertiary/aromatic N) is 2. The van der Waals surface area contributed by atoms with Gasteiger partial charge in [-0.05, 0) is 48.9 Å². The molecule has 73 heavy (non-hydrogen) atoms. The van der Waals surface area contributed by atoms with Gasteiger partial charge < -0.3 is 0 Å². The zero-order chi connectivity index (χ0) is 51.0. The SMILES string of the molecule is CCCCCCCCCCCCCCCCCCCCCCCCC#CCCc1ccccc1N=CC=Nc1ccccc1CCC#CCCCCCCCCCCCCCCCCCCCCCCCC.[Ni]. The molecule has 0 aromatic heterocycles. The summed E-state index contributed by atoms with van der Waals surface area (Å²) in [6.45, 7) is 4.61. The van der Waals surface area contributed by atoms with E-state index < -0.39 is 0 Å². The fourth-order valence-corrected chi connectivity index (χ4v) is 10.3. The molecule has 0 spiro atoms. The third-order valence-electron chi connectivity index (χ3n) is 15.1. The van der Waals surface area contributed by atoms with Gasteiger partial charge in [-0.15, -0.1) is 23.7 Å². The molecule has 0 unspecified atom stereocenters. The van der Waals surface area contributed by atoms with Crippen LogP contribution in [0.5, 0.6) is 0 Å². The molecule has 0 radical (unpaired) electrons. The summed E-state index contributed by atoms with van der Waals surface area (Å²) < 4.78 is 0. The molecule has 0 aliphatic rings. The number of rotatable bonds is 51. The Morgan fingerprint density at radius 1 is 0.274 bits per heavy atom. The molecule has 0 bridgehead atoms. The zero-order valence-electron chi connectivity index (χ0n) is 48.3. The van der Waals surface area contributed by atoms with Crippen molar-refractivity contribution in [1.29, 1.82) is 0 Å². The number of hydrogen-bond acceptors (Lipinski definition) is 2. The van der Waals surface area contributed by atoms with Gasteiger partial charge in [-0.3, -0.25) is 9.98 Å². The minimum absolute atomic E-state index is 0. The summed E-state index contributed by atoms with van der Waals surface area (Å²) in [5, 5.41) is 0. The van der Waals surface area contributed by atoms with Crippen molar-refractivity contribution in [2.45, 2.75) is 335 Å². The van der Waals surface area contributed by atoms with E-state index in [1.54, 1.807) is 0 Å². The maximum atomic E-state index is 4.79. The molecule has 2 rings (SSSR count). The number of para-hydroxylation sites is 2. The fourth-order valence-electron chi connectivity index (χ4n) is 10.3. The molecule has 416 valence electrons. The van der Waals surface area contributed by atoms with Crippen LogP contribution in [0.3, 0.4) is 0 Å². The molecule has 2 aromatic rings. The van der Waals surface area contributed by atoms with Gasteiger partial charge in [0.1, 0.15) is 0 Å². The summed E-state index contributed by atoms with van der Waals surface area (Å²) in [6, 6.07) is 16.9. The molecule has 0 saturated carbocycles. The quantitative estimate of drug-likeness (QED) is 0.0273. The number of unbranched alkanes of at least 4 members (excludes halogenated alkanes) is 44. The Bertz CT molecular complexity index is 1510. The first-order chi connectivity index (χ1) is 35.8. The Labute approximate surface area is 465 Å². The van der Waals surface area contributed by atoms with E-state index in [0.29, 0.717) is 0 Å². The van der Waals surface area contributed by atoms with E-state index in [-0.39, 0.29) is 16.5 Å². The van der Waals surface area contributed by atoms with Gasteiger partial charge in [-0.25, -0.2) is 0 Å². The van der Waals surface area contributed by atoms with Crippen LogP contribution in [0.15, 0.2) is 58.5 Å². The van der Waals surface area contributed by atoms with Crippen molar-refractivity contribution >= 4 is 23.8 Å².